The molecule has 1 aliphatic rings. The van der Waals surface area contributed by atoms with Gasteiger partial charge >= 0.3 is 0 Å². The molecule has 1 N–H and O–H groups in total. The van der Waals surface area contributed by atoms with Crippen LogP contribution in [-0.2, 0) is 4.79 Å². The second kappa shape index (κ2) is 8.62. The summed E-state index contributed by atoms with van der Waals surface area (Å²) in [5, 5.41) is 17.0. The maximum absolute atomic E-state index is 12.6. The van der Waals surface area contributed by atoms with Gasteiger partial charge in [-0.15, -0.1) is 10.2 Å². The number of aromatic nitrogens is 4. The van der Waals surface area contributed by atoms with Crippen molar-refractivity contribution in [2.24, 2.45) is 5.92 Å². The first-order valence-electron chi connectivity index (χ1n) is 9.79. The Kier molecular flexibility index (Phi) is 5.92. The molecule has 9 heteroatoms. The summed E-state index contributed by atoms with van der Waals surface area (Å²) in [6.45, 7) is 5.40. The largest absolute Gasteiger partial charge is 0.355 e. The number of piperidine rings is 1. The molecule has 0 aliphatic carbocycles. The molecular weight excluding hydrogens is 423 g/mol. The van der Waals surface area contributed by atoms with Crippen LogP contribution in [0.2, 0.25) is 10.0 Å². The molecule has 1 amide bonds. The number of halogens is 2. The van der Waals surface area contributed by atoms with Crippen LogP contribution in [0, 0.1) is 19.8 Å². The van der Waals surface area contributed by atoms with Gasteiger partial charge < -0.3 is 10.2 Å². The Morgan fingerprint density at radius 3 is 2.37 bits per heavy atom. The van der Waals surface area contributed by atoms with E-state index in [1.165, 1.54) is 0 Å². The van der Waals surface area contributed by atoms with Crippen molar-refractivity contribution >= 4 is 40.6 Å². The van der Waals surface area contributed by atoms with Crippen LogP contribution in [0.15, 0.2) is 36.4 Å². The lowest BCUT2D eigenvalue weighted by Crippen LogP contribution is -2.38. The summed E-state index contributed by atoms with van der Waals surface area (Å²) < 4.78 is 1.78. The van der Waals surface area contributed by atoms with Gasteiger partial charge in [-0.1, -0.05) is 23.2 Å². The third-order valence-electron chi connectivity index (χ3n) is 5.24. The van der Waals surface area contributed by atoms with Crippen LogP contribution in [0.25, 0.3) is 5.82 Å². The highest BCUT2D eigenvalue weighted by molar-refractivity contribution is 6.35. The van der Waals surface area contributed by atoms with Gasteiger partial charge in [-0.25, -0.2) is 4.68 Å². The van der Waals surface area contributed by atoms with Gasteiger partial charge in [-0.2, -0.15) is 5.10 Å². The third kappa shape index (κ3) is 4.42. The van der Waals surface area contributed by atoms with E-state index in [2.05, 4.69) is 25.5 Å². The number of hydrogen-bond acceptors (Lipinski definition) is 5. The number of carbonyl (C=O) groups is 1. The normalized spacial score (nSPS) is 14.7. The Morgan fingerprint density at radius 1 is 1.03 bits per heavy atom. The van der Waals surface area contributed by atoms with Crippen molar-refractivity contribution < 1.29 is 4.79 Å². The van der Waals surface area contributed by atoms with Crippen molar-refractivity contribution in [1.29, 1.82) is 0 Å². The number of benzene rings is 1. The average Bonchev–Trinajstić information content (AvgIpc) is 3.09. The van der Waals surface area contributed by atoms with E-state index in [-0.39, 0.29) is 11.8 Å². The van der Waals surface area contributed by atoms with Gasteiger partial charge in [-0.3, -0.25) is 4.79 Å². The van der Waals surface area contributed by atoms with Gasteiger partial charge in [0.15, 0.2) is 11.6 Å². The van der Waals surface area contributed by atoms with E-state index in [4.69, 9.17) is 23.2 Å². The highest BCUT2D eigenvalue weighted by Crippen LogP contribution is 2.28. The molecular formula is C21H22Cl2N6O. The molecule has 156 valence electrons. The molecule has 2 aromatic heterocycles. The number of amides is 1. The average molecular weight is 445 g/mol. The predicted octanol–water partition coefficient (Wildman–Crippen LogP) is 4.44. The second-order valence-corrected chi connectivity index (χ2v) is 8.31. The molecule has 3 aromatic rings. The maximum atomic E-state index is 12.6. The van der Waals surface area contributed by atoms with Gasteiger partial charge in [0.2, 0.25) is 5.91 Å². The number of nitrogens with zero attached hydrogens (tertiary/aromatic N) is 5. The molecule has 0 radical (unpaired) electrons. The zero-order valence-electron chi connectivity index (χ0n) is 16.8. The Balaban J connectivity index is 1.36. The zero-order chi connectivity index (χ0) is 21.3. The van der Waals surface area contributed by atoms with Crippen LogP contribution >= 0.6 is 23.2 Å². The monoisotopic (exact) mass is 444 g/mol. The van der Waals surface area contributed by atoms with Gasteiger partial charge in [-0.05, 0) is 63.1 Å². The van der Waals surface area contributed by atoms with Crippen molar-refractivity contribution in [3.8, 4) is 5.82 Å². The smallest absolute Gasteiger partial charge is 0.227 e. The first-order valence-corrected chi connectivity index (χ1v) is 10.5. The topological polar surface area (TPSA) is 75.9 Å². The Bertz CT molecular complexity index is 1060. The quantitative estimate of drug-likeness (QED) is 0.643. The number of anilines is 2. The lowest BCUT2D eigenvalue weighted by Gasteiger charge is -2.31. The molecule has 0 bridgehead atoms. The lowest BCUT2D eigenvalue weighted by molar-refractivity contribution is -0.120. The van der Waals surface area contributed by atoms with Crippen LogP contribution in [-0.4, -0.2) is 39.0 Å². The molecule has 1 aromatic carbocycles. The van der Waals surface area contributed by atoms with Gasteiger partial charge in [0.1, 0.15) is 0 Å². The lowest BCUT2D eigenvalue weighted by atomic mass is 9.96. The van der Waals surface area contributed by atoms with Crippen molar-refractivity contribution in [3.63, 3.8) is 0 Å². The molecule has 7 nitrogen and oxygen atoms in total. The second-order valence-electron chi connectivity index (χ2n) is 7.46. The highest BCUT2D eigenvalue weighted by atomic mass is 35.5. The van der Waals surface area contributed by atoms with Crippen LogP contribution < -0.4 is 10.2 Å². The number of aryl methyl sites for hydroxylation is 2. The van der Waals surface area contributed by atoms with E-state index >= 15 is 0 Å². The number of rotatable bonds is 4. The molecule has 0 spiro atoms. The third-order valence-corrected chi connectivity index (χ3v) is 5.80. The van der Waals surface area contributed by atoms with Crippen LogP contribution in [0.1, 0.15) is 24.2 Å². The molecule has 1 saturated heterocycles. The highest BCUT2D eigenvalue weighted by Gasteiger charge is 2.26. The van der Waals surface area contributed by atoms with E-state index in [0.29, 0.717) is 21.6 Å². The molecule has 3 heterocycles. The fourth-order valence-corrected chi connectivity index (χ4v) is 4.00. The van der Waals surface area contributed by atoms with Crippen molar-refractivity contribution in [2.75, 3.05) is 23.3 Å². The van der Waals surface area contributed by atoms with Crippen molar-refractivity contribution in [3.05, 3.63) is 57.8 Å². The van der Waals surface area contributed by atoms with E-state index < -0.39 is 0 Å². The molecule has 4 rings (SSSR count). The van der Waals surface area contributed by atoms with E-state index in [1.807, 2.05) is 32.0 Å². The minimum atomic E-state index is -0.0850. The fourth-order valence-electron chi connectivity index (χ4n) is 3.66. The van der Waals surface area contributed by atoms with Gasteiger partial charge in [0.25, 0.3) is 0 Å². The summed E-state index contributed by atoms with van der Waals surface area (Å²) in [7, 11) is 0. The maximum Gasteiger partial charge on any atom is 0.227 e. The Morgan fingerprint density at radius 2 is 1.73 bits per heavy atom. The summed E-state index contributed by atoms with van der Waals surface area (Å²) in [6.07, 6.45) is 1.45. The summed E-state index contributed by atoms with van der Waals surface area (Å²) in [4.78, 5) is 14.8. The SMILES string of the molecule is Cc1cc(C)n(-c2ccc(N3CCC(C(=O)Nc4cc(Cl)ccc4Cl)CC3)nn2)n1. The van der Waals surface area contributed by atoms with E-state index in [1.54, 1.807) is 22.9 Å². The fraction of sp³-hybridized carbons (Fsp3) is 0.333. The summed E-state index contributed by atoms with van der Waals surface area (Å²) in [5.74, 6) is 1.37. The van der Waals surface area contributed by atoms with E-state index in [0.717, 1.165) is 43.1 Å². The molecule has 1 aliphatic heterocycles. The minimum absolute atomic E-state index is 0.0372. The van der Waals surface area contributed by atoms with E-state index in [9.17, 15) is 4.79 Å². The minimum Gasteiger partial charge on any atom is -0.355 e. The standard InChI is InChI=1S/C21H22Cl2N6O/c1-13-11-14(2)29(27-13)20-6-5-19(25-26-20)28-9-7-15(8-10-28)21(30)24-18-12-16(22)3-4-17(18)23/h3-6,11-12,15H,7-10H2,1-2H3,(H,24,30). The number of carbonyl (C=O) groups excluding carboxylic acids is 1. The van der Waals surface area contributed by atoms with Crippen molar-refractivity contribution in [1.82, 2.24) is 20.0 Å². The zero-order valence-corrected chi connectivity index (χ0v) is 18.3. The Hall–Kier alpha value is -2.64. The molecule has 0 unspecified atom stereocenters. The molecule has 1 fully saturated rings. The summed E-state index contributed by atoms with van der Waals surface area (Å²) >= 11 is 12.1. The summed E-state index contributed by atoms with van der Waals surface area (Å²) in [6, 6.07) is 10.9. The van der Waals surface area contributed by atoms with Crippen LogP contribution in [0.3, 0.4) is 0 Å². The van der Waals surface area contributed by atoms with Crippen molar-refractivity contribution in [2.45, 2.75) is 26.7 Å². The molecule has 0 atom stereocenters. The molecule has 0 saturated carbocycles. The predicted molar refractivity (Wildman–Crippen MR) is 119 cm³/mol. The Labute approximate surface area is 185 Å². The molecule has 30 heavy (non-hydrogen) atoms. The van der Waals surface area contributed by atoms with Crippen LogP contribution in [0.4, 0.5) is 11.5 Å². The first kappa shape index (κ1) is 20.6. The summed E-state index contributed by atoms with van der Waals surface area (Å²) in [5.41, 5.74) is 2.50. The number of nitrogens with one attached hydrogen (secondary N) is 1. The number of hydrogen-bond donors (Lipinski definition) is 1. The van der Waals surface area contributed by atoms with Crippen LogP contribution in [0.5, 0.6) is 0 Å². The van der Waals surface area contributed by atoms with Gasteiger partial charge in [0.05, 0.1) is 16.4 Å². The first-order chi connectivity index (χ1) is 14.4. The van der Waals surface area contributed by atoms with Gasteiger partial charge in [0, 0.05) is 29.7 Å².